The molecule has 0 aromatic carbocycles. The summed E-state index contributed by atoms with van der Waals surface area (Å²) in [5.41, 5.74) is 0. The minimum Gasteiger partial charge on any atom is -0.356 e. The molecule has 0 radical (unpaired) electrons. The Kier molecular flexibility index (Phi) is 11.1. The lowest BCUT2D eigenvalue weighted by molar-refractivity contribution is 0.136. The lowest BCUT2D eigenvalue weighted by Crippen LogP contribution is -2.46. The van der Waals surface area contributed by atoms with Crippen molar-refractivity contribution in [1.82, 2.24) is 20.4 Å². The summed E-state index contributed by atoms with van der Waals surface area (Å²) in [5, 5.41) is 6.82. The maximum absolute atomic E-state index is 4.29. The molecule has 0 spiro atoms. The second-order valence-electron chi connectivity index (χ2n) is 6.94. The summed E-state index contributed by atoms with van der Waals surface area (Å²) in [4.78, 5) is 9.43. The van der Waals surface area contributed by atoms with Crippen molar-refractivity contribution in [1.29, 1.82) is 0 Å². The van der Waals surface area contributed by atoms with Crippen LogP contribution >= 0.6 is 0 Å². The van der Waals surface area contributed by atoms with Gasteiger partial charge in [0.15, 0.2) is 5.96 Å². The van der Waals surface area contributed by atoms with Crippen molar-refractivity contribution < 1.29 is 0 Å². The van der Waals surface area contributed by atoms with Crippen molar-refractivity contribution in [2.75, 3.05) is 59.4 Å². The van der Waals surface area contributed by atoms with Gasteiger partial charge in [-0.25, -0.2) is 0 Å². The third-order valence-corrected chi connectivity index (χ3v) is 4.58. The molecule has 1 fully saturated rings. The fourth-order valence-corrected chi connectivity index (χ4v) is 2.93. The number of aliphatic imine (C=N–C) groups is 1. The molecule has 1 saturated heterocycles. The molecule has 1 rings (SSSR count). The second kappa shape index (κ2) is 12.6. The molecule has 0 aromatic heterocycles. The fraction of sp³-hybridized carbons (Fsp3) is 0.944. The van der Waals surface area contributed by atoms with E-state index in [0.29, 0.717) is 0 Å². The van der Waals surface area contributed by atoms with Crippen LogP contribution in [0.15, 0.2) is 4.99 Å². The van der Waals surface area contributed by atoms with Gasteiger partial charge >= 0.3 is 0 Å². The molecule has 136 valence electrons. The summed E-state index contributed by atoms with van der Waals surface area (Å²) in [5.74, 6) is 1.73. The zero-order chi connectivity index (χ0) is 16.9. The Labute approximate surface area is 143 Å². The van der Waals surface area contributed by atoms with Crippen LogP contribution in [0.3, 0.4) is 0 Å². The minimum absolute atomic E-state index is 0.783. The molecule has 0 unspecified atom stereocenters. The third-order valence-electron chi connectivity index (χ3n) is 4.58. The molecule has 0 saturated carbocycles. The molecule has 0 aliphatic carbocycles. The zero-order valence-electron chi connectivity index (χ0n) is 15.9. The summed E-state index contributed by atoms with van der Waals surface area (Å²) in [6, 6.07) is 0. The number of likely N-dealkylation sites (N-methyl/N-ethyl adjacent to an activating group) is 1. The summed E-state index contributed by atoms with van der Waals surface area (Å²) >= 11 is 0. The molecule has 2 N–H and O–H groups in total. The Balaban J connectivity index is 1.98. The molecule has 1 aliphatic rings. The molecule has 1 aliphatic heterocycles. The van der Waals surface area contributed by atoms with E-state index < -0.39 is 0 Å². The van der Waals surface area contributed by atoms with Gasteiger partial charge in [0.05, 0.1) is 0 Å². The van der Waals surface area contributed by atoms with Crippen molar-refractivity contribution in [2.24, 2.45) is 10.9 Å². The Morgan fingerprint density at radius 2 is 1.57 bits per heavy atom. The summed E-state index contributed by atoms with van der Waals surface area (Å²) in [6.45, 7) is 16.2. The number of unbranched alkanes of at least 4 members (excludes halogenated alkanes) is 1. The normalized spacial score (nSPS) is 17.7. The maximum Gasteiger partial charge on any atom is 0.190 e. The summed E-state index contributed by atoms with van der Waals surface area (Å²) < 4.78 is 0. The first-order valence-corrected chi connectivity index (χ1v) is 9.55. The van der Waals surface area contributed by atoms with Crippen LogP contribution in [0.5, 0.6) is 0 Å². The van der Waals surface area contributed by atoms with Crippen LogP contribution in [0.4, 0.5) is 0 Å². The third kappa shape index (κ3) is 9.82. The largest absolute Gasteiger partial charge is 0.356 e. The summed E-state index contributed by atoms with van der Waals surface area (Å²) in [6.07, 6.45) is 4.96. The predicted octanol–water partition coefficient (Wildman–Crippen LogP) is 2.01. The highest BCUT2D eigenvalue weighted by Crippen LogP contribution is 2.03. The lowest BCUT2D eigenvalue weighted by Gasteiger charge is -2.34. The molecule has 0 atom stereocenters. The first-order chi connectivity index (χ1) is 11.2. The highest BCUT2D eigenvalue weighted by molar-refractivity contribution is 5.79. The average Bonchev–Trinajstić information content (AvgIpc) is 2.56. The molecule has 0 amide bonds. The van der Waals surface area contributed by atoms with E-state index in [2.05, 4.69) is 46.2 Å². The number of piperazine rings is 1. The van der Waals surface area contributed by atoms with E-state index in [1.54, 1.807) is 0 Å². The van der Waals surface area contributed by atoms with E-state index in [4.69, 9.17) is 0 Å². The standard InChI is InChI=1S/C18H39N5/c1-5-22-13-15-23(16-14-22)12-7-6-10-20-18(19-4)21-11-8-9-17(2)3/h17H,5-16H2,1-4H3,(H2,19,20,21). The fourth-order valence-electron chi connectivity index (χ4n) is 2.93. The molecule has 5 heteroatoms. The van der Waals surface area contributed by atoms with E-state index in [9.17, 15) is 0 Å². The van der Waals surface area contributed by atoms with Gasteiger partial charge in [0.1, 0.15) is 0 Å². The quantitative estimate of drug-likeness (QED) is 0.366. The predicted molar refractivity (Wildman–Crippen MR) is 101 cm³/mol. The van der Waals surface area contributed by atoms with Gasteiger partial charge in [-0.2, -0.15) is 0 Å². The number of guanidine groups is 1. The Hall–Kier alpha value is -0.810. The van der Waals surface area contributed by atoms with E-state index in [1.807, 2.05) is 7.05 Å². The van der Waals surface area contributed by atoms with Crippen LogP contribution in [-0.2, 0) is 0 Å². The van der Waals surface area contributed by atoms with Gasteiger partial charge in [0, 0.05) is 46.3 Å². The number of nitrogens with one attached hydrogen (secondary N) is 2. The molecule has 1 heterocycles. The number of hydrogen-bond acceptors (Lipinski definition) is 3. The zero-order valence-corrected chi connectivity index (χ0v) is 15.9. The monoisotopic (exact) mass is 325 g/mol. The smallest absolute Gasteiger partial charge is 0.190 e. The van der Waals surface area contributed by atoms with Gasteiger partial charge in [-0.1, -0.05) is 20.8 Å². The van der Waals surface area contributed by atoms with Gasteiger partial charge in [-0.15, -0.1) is 0 Å². The van der Waals surface area contributed by atoms with E-state index in [0.717, 1.165) is 25.0 Å². The lowest BCUT2D eigenvalue weighted by atomic mass is 10.1. The molecular weight excluding hydrogens is 286 g/mol. The average molecular weight is 326 g/mol. The first-order valence-electron chi connectivity index (χ1n) is 9.55. The molecule has 5 nitrogen and oxygen atoms in total. The molecular formula is C18H39N5. The van der Waals surface area contributed by atoms with Gasteiger partial charge < -0.3 is 20.4 Å². The van der Waals surface area contributed by atoms with Crippen molar-refractivity contribution in [3.8, 4) is 0 Å². The Morgan fingerprint density at radius 3 is 2.13 bits per heavy atom. The van der Waals surface area contributed by atoms with Gasteiger partial charge in [-0.05, 0) is 44.7 Å². The molecule has 0 aromatic rings. The molecule has 0 bridgehead atoms. The maximum atomic E-state index is 4.29. The van der Waals surface area contributed by atoms with E-state index in [-0.39, 0.29) is 0 Å². The van der Waals surface area contributed by atoms with Crippen LogP contribution < -0.4 is 10.6 Å². The van der Waals surface area contributed by atoms with E-state index >= 15 is 0 Å². The Morgan fingerprint density at radius 1 is 0.957 bits per heavy atom. The number of hydrogen-bond donors (Lipinski definition) is 2. The van der Waals surface area contributed by atoms with E-state index in [1.165, 1.54) is 65.0 Å². The van der Waals surface area contributed by atoms with Gasteiger partial charge in [0.2, 0.25) is 0 Å². The van der Waals surface area contributed by atoms with Gasteiger partial charge in [-0.3, -0.25) is 4.99 Å². The Bertz CT molecular complexity index is 309. The van der Waals surface area contributed by atoms with Crippen molar-refractivity contribution >= 4 is 5.96 Å². The summed E-state index contributed by atoms with van der Waals surface area (Å²) in [7, 11) is 1.85. The van der Waals surface area contributed by atoms with Crippen LogP contribution in [0.2, 0.25) is 0 Å². The number of rotatable bonds is 10. The first kappa shape index (κ1) is 20.2. The van der Waals surface area contributed by atoms with Crippen LogP contribution in [0.25, 0.3) is 0 Å². The van der Waals surface area contributed by atoms with Crippen molar-refractivity contribution in [2.45, 2.75) is 46.5 Å². The van der Waals surface area contributed by atoms with Crippen molar-refractivity contribution in [3.05, 3.63) is 0 Å². The highest BCUT2D eigenvalue weighted by Gasteiger charge is 2.14. The second-order valence-corrected chi connectivity index (χ2v) is 6.94. The van der Waals surface area contributed by atoms with Crippen LogP contribution in [-0.4, -0.2) is 75.2 Å². The minimum atomic E-state index is 0.783. The highest BCUT2D eigenvalue weighted by atomic mass is 15.3. The van der Waals surface area contributed by atoms with Crippen LogP contribution in [0, 0.1) is 5.92 Å². The molecule has 23 heavy (non-hydrogen) atoms. The SMILES string of the molecule is CCN1CCN(CCCCNC(=NC)NCCCC(C)C)CC1. The van der Waals surface area contributed by atoms with Crippen LogP contribution in [0.1, 0.15) is 46.5 Å². The van der Waals surface area contributed by atoms with Crippen molar-refractivity contribution in [3.63, 3.8) is 0 Å². The van der Waals surface area contributed by atoms with Gasteiger partial charge in [0.25, 0.3) is 0 Å². The topological polar surface area (TPSA) is 42.9 Å². The number of nitrogens with zero attached hydrogens (tertiary/aromatic N) is 3.